The highest BCUT2D eigenvalue weighted by Crippen LogP contribution is 2.32. The van der Waals surface area contributed by atoms with E-state index in [2.05, 4.69) is 20.6 Å². The fourth-order valence-corrected chi connectivity index (χ4v) is 4.04. The van der Waals surface area contributed by atoms with Crippen LogP contribution in [0.1, 0.15) is 6.92 Å². The molecular formula is C23H21N5O4S. The molecule has 0 spiro atoms. The van der Waals surface area contributed by atoms with Gasteiger partial charge in [0.25, 0.3) is 0 Å². The molecule has 9 nitrogen and oxygen atoms in total. The van der Waals surface area contributed by atoms with Crippen LogP contribution in [0.4, 0.5) is 5.69 Å². The Balaban J connectivity index is 1.27. The third kappa shape index (κ3) is 4.70. The van der Waals surface area contributed by atoms with Gasteiger partial charge in [0.15, 0.2) is 17.1 Å². The van der Waals surface area contributed by atoms with E-state index in [4.69, 9.17) is 14.2 Å². The van der Waals surface area contributed by atoms with E-state index in [0.29, 0.717) is 47.8 Å². The average Bonchev–Trinajstić information content (AvgIpc) is 3.25. The lowest BCUT2D eigenvalue weighted by Crippen LogP contribution is -2.17. The number of hydrogen-bond acceptors (Lipinski definition) is 8. The minimum absolute atomic E-state index is 0.157. The summed E-state index contributed by atoms with van der Waals surface area (Å²) in [6.45, 7) is 3.58. The zero-order chi connectivity index (χ0) is 22.6. The average molecular weight is 464 g/mol. The van der Waals surface area contributed by atoms with Crippen LogP contribution in [0.25, 0.3) is 16.9 Å². The van der Waals surface area contributed by atoms with Gasteiger partial charge in [-0.3, -0.25) is 4.79 Å². The van der Waals surface area contributed by atoms with Crippen LogP contribution in [-0.2, 0) is 4.79 Å². The van der Waals surface area contributed by atoms with Gasteiger partial charge in [0, 0.05) is 17.3 Å². The van der Waals surface area contributed by atoms with E-state index in [1.165, 1.54) is 11.8 Å². The van der Waals surface area contributed by atoms with Gasteiger partial charge in [0.05, 0.1) is 18.1 Å². The molecule has 168 valence electrons. The molecule has 1 amide bonds. The topological polar surface area (TPSA) is 99.9 Å². The molecule has 0 unspecified atom stereocenters. The highest BCUT2D eigenvalue weighted by molar-refractivity contribution is 7.99. The van der Waals surface area contributed by atoms with Crippen molar-refractivity contribution in [3.63, 3.8) is 0 Å². The summed E-state index contributed by atoms with van der Waals surface area (Å²) in [5, 5.41) is 16.4. The number of thioether (sulfide) groups is 1. The summed E-state index contributed by atoms with van der Waals surface area (Å²) in [5.74, 6) is 2.10. The monoisotopic (exact) mass is 463 g/mol. The molecule has 5 rings (SSSR count). The third-order valence-corrected chi connectivity index (χ3v) is 5.77. The van der Waals surface area contributed by atoms with Crippen molar-refractivity contribution in [2.75, 3.05) is 30.9 Å². The maximum absolute atomic E-state index is 12.5. The Morgan fingerprint density at radius 2 is 1.88 bits per heavy atom. The number of anilines is 1. The molecule has 0 saturated carbocycles. The number of nitrogens with one attached hydrogen (secondary N) is 1. The van der Waals surface area contributed by atoms with Crippen molar-refractivity contribution >= 4 is 29.0 Å². The van der Waals surface area contributed by atoms with Crippen molar-refractivity contribution in [1.82, 2.24) is 19.8 Å². The highest BCUT2D eigenvalue weighted by Gasteiger charge is 2.15. The summed E-state index contributed by atoms with van der Waals surface area (Å²) in [6, 6.07) is 16.8. The summed E-state index contributed by atoms with van der Waals surface area (Å²) in [5.41, 5.74) is 2.97. The predicted molar refractivity (Wildman–Crippen MR) is 124 cm³/mol. The van der Waals surface area contributed by atoms with Crippen LogP contribution in [0.15, 0.2) is 59.8 Å². The summed E-state index contributed by atoms with van der Waals surface area (Å²) >= 11 is 1.26. The first kappa shape index (κ1) is 21.1. The van der Waals surface area contributed by atoms with Crippen LogP contribution < -0.4 is 19.5 Å². The number of ether oxygens (including phenoxy) is 3. The lowest BCUT2D eigenvalue weighted by molar-refractivity contribution is -0.113. The molecule has 1 aliphatic rings. The van der Waals surface area contributed by atoms with Crippen LogP contribution in [-0.4, -0.2) is 51.3 Å². The number of aromatic nitrogens is 4. The SMILES string of the molecule is CCOc1ccc(-c2ccc3nnc(SCC(=O)Nc4ccc5c(c4)OCCO5)n3n2)cc1. The van der Waals surface area contributed by atoms with Gasteiger partial charge in [-0.1, -0.05) is 11.8 Å². The molecule has 3 heterocycles. The first-order chi connectivity index (χ1) is 16.2. The van der Waals surface area contributed by atoms with Gasteiger partial charge < -0.3 is 19.5 Å². The molecule has 0 fully saturated rings. The highest BCUT2D eigenvalue weighted by atomic mass is 32.2. The molecule has 1 N–H and O–H groups in total. The van der Waals surface area contributed by atoms with E-state index in [1.54, 1.807) is 22.7 Å². The second-order valence-corrected chi connectivity index (χ2v) is 8.07. The van der Waals surface area contributed by atoms with E-state index in [9.17, 15) is 4.79 Å². The first-order valence-electron chi connectivity index (χ1n) is 10.5. The van der Waals surface area contributed by atoms with Gasteiger partial charge in [-0.15, -0.1) is 10.2 Å². The number of nitrogens with zero attached hydrogens (tertiary/aromatic N) is 4. The van der Waals surface area contributed by atoms with Crippen LogP contribution in [0.5, 0.6) is 17.2 Å². The normalized spacial score (nSPS) is 12.5. The van der Waals surface area contributed by atoms with Gasteiger partial charge in [0.1, 0.15) is 19.0 Å². The van der Waals surface area contributed by atoms with Crippen molar-refractivity contribution in [2.24, 2.45) is 0 Å². The standard InChI is InChI=1S/C23H21N5O4S/c1-2-30-17-6-3-15(4-7-17)18-8-10-21-25-26-23(28(21)27-18)33-14-22(29)24-16-5-9-19-20(13-16)32-12-11-31-19/h3-10,13H,2,11-12,14H2,1H3,(H,24,29). The van der Waals surface area contributed by atoms with Gasteiger partial charge in [-0.25, -0.2) is 0 Å². The fraction of sp³-hybridized carbons (Fsp3) is 0.217. The summed E-state index contributed by atoms with van der Waals surface area (Å²) in [6.07, 6.45) is 0. The quantitative estimate of drug-likeness (QED) is 0.414. The van der Waals surface area contributed by atoms with Crippen LogP contribution in [0, 0.1) is 0 Å². The molecule has 0 atom stereocenters. The smallest absolute Gasteiger partial charge is 0.234 e. The van der Waals surface area contributed by atoms with E-state index in [-0.39, 0.29) is 11.7 Å². The number of hydrogen-bond donors (Lipinski definition) is 1. The zero-order valence-corrected chi connectivity index (χ0v) is 18.7. The van der Waals surface area contributed by atoms with Crippen LogP contribution in [0.3, 0.4) is 0 Å². The van der Waals surface area contributed by atoms with Gasteiger partial charge >= 0.3 is 0 Å². The van der Waals surface area contributed by atoms with E-state index in [0.717, 1.165) is 17.0 Å². The maximum atomic E-state index is 12.5. The van der Waals surface area contributed by atoms with Crippen LogP contribution >= 0.6 is 11.8 Å². The van der Waals surface area contributed by atoms with Gasteiger partial charge in [0.2, 0.25) is 11.1 Å². The molecule has 33 heavy (non-hydrogen) atoms. The Hall–Kier alpha value is -3.79. The minimum atomic E-state index is -0.170. The van der Waals surface area contributed by atoms with Crippen molar-refractivity contribution in [3.05, 3.63) is 54.6 Å². The summed E-state index contributed by atoms with van der Waals surface area (Å²) < 4.78 is 18.2. The van der Waals surface area contributed by atoms with E-state index < -0.39 is 0 Å². The van der Waals surface area contributed by atoms with Crippen LogP contribution in [0.2, 0.25) is 0 Å². The predicted octanol–water partition coefficient (Wildman–Crippen LogP) is 3.69. The van der Waals surface area contributed by atoms with Crippen molar-refractivity contribution in [2.45, 2.75) is 12.1 Å². The lowest BCUT2D eigenvalue weighted by atomic mass is 10.1. The van der Waals surface area contributed by atoms with E-state index in [1.807, 2.05) is 43.3 Å². The van der Waals surface area contributed by atoms with Crippen molar-refractivity contribution in [3.8, 4) is 28.5 Å². The zero-order valence-electron chi connectivity index (χ0n) is 17.9. The lowest BCUT2D eigenvalue weighted by Gasteiger charge is -2.18. The fourth-order valence-electron chi connectivity index (χ4n) is 3.35. The van der Waals surface area contributed by atoms with Crippen molar-refractivity contribution < 1.29 is 19.0 Å². The van der Waals surface area contributed by atoms with E-state index >= 15 is 0 Å². The molecule has 0 aliphatic carbocycles. The first-order valence-corrected chi connectivity index (χ1v) is 11.5. The molecule has 2 aromatic heterocycles. The molecule has 0 saturated heterocycles. The minimum Gasteiger partial charge on any atom is -0.494 e. The maximum Gasteiger partial charge on any atom is 0.234 e. The Morgan fingerprint density at radius 3 is 2.70 bits per heavy atom. The molecule has 2 aromatic carbocycles. The van der Waals surface area contributed by atoms with Gasteiger partial charge in [-0.05, 0) is 55.5 Å². The molecule has 10 heteroatoms. The number of fused-ring (bicyclic) bond motifs is 2. The number of rotatable bonds is 7. The number of carbonyl (C=O) groups excluding carboxylic acids is 1. The molecule has 4 aromatic rings. The summed E-state index contributed by atoms with van der Waals surface area (Å²) in [7, 11) is 0. The Morgan fingerprint density at radius 1 is 1.06 bits per heavy atom. The molecule has 0 bridgehead atoms. The number of amides is 1. The van der Waals surface area contributed by atoms with Gasteiger partial charge in [-0.2, -0.15) is 9.61 Å². The Kier molecular flexibility index (Phi) is 5.99. The Bertz CT molecular complexity index is 1290. The second kappa shape index (κ2) is 9.37. The molecule has 0 radical (unpaired) electrons. The largest absolute Gasteiger partial charge is 0.494 e. The molecular weight excluding hydrogens is 442 g/mol. The Labute approximate surface area is 194 Å². The summed E-state index contributed by atoms with van der Waals surface area (Å²) in [4.78, 5) is 12.5. The number of carbonyl (C=O) groups is 1. The second-order valence-electron chi connectivity index (χ2n) is 7.12. The van der Waals surface area contributed by atoms with Crippen molar-refractivity contribution in [1.29, 1.82) is 0 Å². The number of benzene rings is 2. The molecule has 1 aliphatic heterocycles. The third-order valence-electron chi connectivity index (χ3n) is 4.85.